The van der Waals surface area contributed by atoms with Crippen molar-refractivity contribution in [2.24, 2.45) is 0 Å². The van der Waals surface area contributed by atoms with Gasteiger partial charge in [0.1, 0.15) is 6.23 Å². The van der Waals surface area contributed by atoms with E-state index in [1.165, 1.54) is 5.56 Å². The van der Waals surface area contributed by atoms with Crippen LogP contribution in [0.1, 0.15) is 29.5 Å². The van der Waals surface area contributed by atoms with Gasteiger partial charge in [0.25, 0.3) is 0 Å². The average Bonchev–Trinajstić information content (AvgIpc) is 2.82. The molecule has 0 radical (unpaired) electrons. The summed E-state index contributed by atoms with van der Waals surface area (Å²) in [5, 5.41) is 10.8. The topological polar surface area (TPSA) is 41.9 Å². The van der Waals surface area contributed by atoms with Crippen molar-refractivity contribution in [1.82, 2.24) is 4.90 Å². The van der Waals surface area contributed by atoms with Crippen molar-refractivity contribution in [3.8, 4) is 0 Å². The summed E-state index contributed by atoms with van der Waals surface area (Å²) in [4.78, 5) is 2.14. The van der Waals surface area contributed by atoms with Gasteiger partial charge in [0.2, 0.25) is 0 Å². The van der Waals surface area contributed by atoms with Crippen LogP contribution in [0.4, 0.5) is 0 Å². The van der Waals surface area contributed by atoms with Crippen LogP contribution in [0.3, 0.4) is 0 Å². The van der Waals surface area contributed by atoms with E-state index in [2.05, 4.69) is 41.3 Å². The number of rotatable bonds is 9. The fourth-order valence-electron chi connectivity index (χ4n) is 4.17. The summed E-state index contributed by atoms with van der Waals surface area (Å²) in [6.07, 6.45) is 1.02. The zero-order valence-electron chi connectivity index (χ0n) is 17.8. The molecule has 0 aromatic heterocycles. The minimum Gasteiger partial charge on any atom is -0.378 e. The number of benzene rings is 3. The van der Waals surface area contributed by atoms with Gasteiger partial charge >= 0.3 is 0 Å². The van der Waals surface area contributed by atoms with Gasteiger partial charge in [0.15, 0.2) is 0 Å². The van der Waals surface area contributed by atoms with Crippen LogP contribution >= 0.6 is 0 Å². The lowest BCUT2D eigenvalue weighted by Crippen LogP contribution is -2.55. The van der Waals surface area contributed by atoms with E-state index in [1.54, 1.807) is 0 Å². The molecule has 1 saturated heterocycles. The second-order valence-corrected chi connectivity index (χ2v) is 8.12. The highest BCUT2D eigenvalue weighted by Gasteiger charge is 2.37. The molecular weight excluding hydrogens is 386 g/mol. The maximum Gasteiger partial charge on any atom is 0.108 e. The van der Waals surface area contributed by atoms with Crippen molar-refractivity contribution in [3.05, 3.63) is 108 Å². The van der Waals surface area contributed by atoms with Crippen LogP contribution in [0.25, 0.3) is 0 Å². The minimum atomic E-state index is -0.498. The van der Waals surface area contributed by atoms with Crippen LogP contribution in [0.5, 0.6) is 0 Å². The standard InChI is InChI=1S/C27H31NO3/c29-27-17-16-26(31-20-24-14-8-3-9-15-24)25(21-30-19-23-12-6-2-7-13-23)28(27)18-22-10-4-1-5-11-22/h1-15,25-27,29H,16-21H2. The molecule has 4 nitrogen and oxygen atoms in total. The van der Waals surface area contributed by atoms with Crippen molar-refractivity contribution in [1.29, 1.82) is 0 Å². The summed E-state index contributed by atoms with van der Waals surface area (Å²) < 4.78 is 12.5. The highest BCUT2D eigenvalue weighted by Crippen LogP contribution is 2.28. The first kappa shape index (κ1) is 21.7. The summed E-state index contributed by atoms with van der Waals surface area (Å²) >= 11 is 0. The monoisotopic (exact) mass is 417 g/mol. The number of nitrogens with zero attached hydrogens (tertiary/aromatic N) is 1. The van der Waals surface area contributed by atoms with Gasteiger partial charge in [0.05, 0.1) is 32.0 Å². The quantitative estimate of drug-likeness (QED) is 0.544. The molecule has 1 fully saturated rings. The van der Waals surface area contributed by atoms with Gasteiger partial charge < -0.3 is 14.6 Å². The summed E-state index contributed by atoms with van der Waals surface area (Å²) in [7, 11) is 0. The Kier molecular flexibility index (Phi) is 7.86. The Labute approximate surface area is 185 Å². The molecule has 0 bridgehead atoms. The second kappa shape index (κ2) is 11.2. The lowest BCUT2D eigenvalue weighted by atomic mass is 9.96. The Balaban J connectivity index is 1.46. The number of likely N-dealkylation sites (tertiary alicyclic amines) is 1. The molecule has 3 aromatic rings. The van der Waals surface area contributed by atoms with Crippen LogP contribution in [-0.4, -0.2) is 35.0 Å². The predicted molar refractivity (Wildman–Crippen MR) is 122 cm³/mol. The maximum atomic E-state index is 10.8. The number of aliphatic hydroxyl groups is 1. The van der Waals surface area contributed by atoms with Crippen molar-refractivity contribution in [2.45, 2.75) is 51.0 Å². The van der Waals surface area contributed by atoms with Gasteiger partial charge in [-0.25, -0.2) is 0 Å². The molecule has 3 atom stereocenters. The Morgan fingerprint density at radius 1 is 0.710 bits per heavy atom. The summed E-state index contributed by atoms with van der Waals surface area (Å²) in [5.41, 5.74) is 3.49. The summed E-state index contributed by atoms with van der Waals surface area (Å²) in [5.74, 6) is 0. The maximum absolute atomic E-state index is 10.8. The third-order valence-corrected chi connectivity index (χ3v) is 5.86. The number of aliphatic hydroxyl groups excluding tert-OH is 1. The minimum absolute atomic E-state index is 0.00286. The molecule has 1 aliphatic heterocycles. The predicted octanol–water partition coefficient (Wildman–Crippen LogP) is 4.77. The van der Waals surface area contributed by atoms with Crippen molar-refractivity contribution in [2.75, 3.05) is 6.61 Å². The van der Waals surface area contributed by atoms with Crippen molar-refractivity contribution in [3.63, 3.8) is 0 Å². The molecule has 3 unspecified atom stereocenters. The average molecular weight is 418 g/mol. The highest BCUT2D eigenvalue weighted by molar-refractivity contribution is 5.16. The largest absolute Gasteiger partial charge is 0.378 e. The lowest BCUT2D eigenvalue weighted by molar-refractivity contribution is -0.149. The molecule has 1 N–H and O–H groups in total. The van der Waals surface area contributed by atoms with E-state index in [4.69, 9.17) is 9.47 Å². The van der Waals surface area contributed by atoms with Gasteiger partial charge in [-0.05, 0) is 29.5 Å². The molecule has 162 valence electrons. The first-order valence-corrected chi connectivity index (χ1v) is 11.0. The van der Waals surface area contributed by atoms with Crippen molar-refractivity contribution < 1.29 is 14.6 Å². The molecule has 4 heteroatoms. The third-order valence-electron chi connectivity index (χ3n) is 5.86. The zero-order valence-corrected chi connectivity index (χ0v) is 17.8. The van der Waals surface area contributed by atoms with E-state index in [-0.39, 0.29) is 12.1 Å². The van der Waals surface area contributed by atoms with Gasteiger partial charge in [-0.3, -0.25) is 4.90 Å². The van der Waals surface area contributed by atoms with E-state index in [0.29, 0.717) is 32.8 Å². The Hall–Kier alpha value is -2.50. The van der Waals surface area contributed by atoms with E-state index in [9.17, 15) is 5.11 Å². The molecule has 4 rings (SSSR count). The number of ether oxygens (including phenoxy) is 2. The number of hydrogen-bond acceptors (Lipinski definition) is 4. The van der Waals surface area contributed by atoms with E-state index in [1.807, 2.05) is 54.6 Å². The highest BCUT2D eigenvalue weighted by atomic mass is 16.5. The smallest absolute Gasteiger partial charge is 0.108 e. The van der Waals surface area contributed by atoms with Crippen LogP contribution in [0.15, 0.2) is 91.0 Å². The second-order valence-electron chi connectivity index (χ2n) is 8.12. The number of hydrogen-bond donors (Lipinski definition) is 1. The fourth-order valence-corrected chi connectivity index (χ4v) is 4.17. The SMILES string of the molecule is OC1CCC(OCc2ccccc2)C(COCc2ccccc2)N1Cc1ccccc1. The summed E-state index contributed by atoms with van der Waals surface area (Å²) in [6, 6.07) is 30.7. The Morgan fingerprint density at radius 3 is 1.87 bits per heavy atom. The van der Waals surface area contributed by atoms with Gasteiger partial charge in [-0.1, -0.05) is 91.0 Å². The number of piperidine rings is 1. The summed E-state index contributed by atoms with van der Waals surface area (Å²) in [6.45, 7) is 2.30. The molecule has 3 aromatic carbocycles. The van der Waals surface area contributed by atoms with Gasteiger partial charge in [-0.15, -0.1) is 0 Å². The van der Waals surface area contributed by atoms with Crippen LogP contribution in [0, 0.1) is 0 Å². The van der Waals surface area contributed by atoms with E-state index in [0.717, 1.165) is 17.5 Å². The lowest BCUT2D eigenvalue weighted by Gasteiger charge is -2.44. The molecule has 31 heavy (non-hydrogen) atoms. The van der Waals surface area contributed by atoms with E-state index < -0.39 is 6.23 Å². The zero-order chi connectivity index (χ0) is 21.3. The Bertz CT molecular complexity index is 888. The normalized spacial score (nSPS) is 21.8. The Morgan fingerprint density at radius 2 is 1.26 bits per heavy atom. The van der Waals surface area contributed by atoms with E-state index >= 15 is 0 Å². The molecular formula is C27H31NO3. The van der Waals surface area contributed by atoms with Crippen LogP contribution in [-0.2, 0) is 29.2 Å². The van der Waals surface area contributed by atoms with Crippen LogP contribution < -0.4 is 0 Å². The first-order valence-electron chi connectivity index (χ1n) is 11.0. The van der Waals surface area contributed by atoms with Gasteiger partial charge in [0, 0.05) is 6.54 Å². The van der Waals surface area contributed by atoms with Crippen molar-refractivity contribution >= 4 is 0 Å². The molecule has 0 amide bonds. The third kappa shape index (κ3) is 6.25. The van der Waals surface area contributed by atoms with Crippen LogP contribution in [0.2, 0.25) is 0 Å². The fraction of sp³-hybridized carbons (Fsp3) is 0.333. The molecule has 1 heterocycles. The first-order chi connectivity index (χ1) is 15.3. The molecule has 0 aliphatic carbocycles. The molecule has 0 spiro atoms. The molecule has 1 aliphatic rings. The van der Waals surface area contributed by atoms with Gasteiger partial charge in [-0.2, -0.15) is 0 Å². The molecule has 0 saturated carbocycles.